The molecule has 0 unspecified atom stereocenters. The first kappa shape index (κ1) is 19.2. The third-order valence-electron chi connectivity index (χ3n) is 4.37. The van der Waals surface area contributed by atoms with Crippen molar-refractivity contribution in [2.24, 2.45) is 0 Å². The van der Waals surface area contributed by atoms with Gasteiger partial charge in [-0.3, -0.25) is 4.79 Å². The average Bonchev–Trinajstić information content (AvgIpc) is 3.15. The summed E-state index contributed by atoms with van der Waals surface area (Å²) in [5.74, 6) is 0.831. The molecule has 8 nitrogen and oxygen atoms in total. The molecule has 0 bridgehead atoms. The number of carboxylic acid groups (broad SMARTS) is 1. The number of carbonyl (C=O) groups excluding carboxylic acids is 1. The highest BCUT2D eigenvalue weighted by atomic mass is 32.2. The Bertz CT molecular complexity index is 831. The van der Waals surface area contributed by atoms with Crippen LogP contribution in [-0.2, 0) is 17.0 Å². The number of furan rings is 1. The molecule has 27 heavy (non-hydrogen) atoms. The van der Waals surface area contributed by atoms with Gasteiger partial charge in [-0.15, -0.1) is 0 Å². The molecule has 3 heterocycles. The number of aryl methyl sites for hydroxylation is 1. The molecule has 1 amide bonds. The Morgan fingerprint density at radius 3 is 2.56 bits per heavy atom. The normalized spacial score (nSPS) is 14.4. The highest BCUT2D eigenvalue weighted by molar-refractivity contribution is 7.98. The van der Waals surface area contributed by atoms with Crippen LogP contribution < -0.4 is 4.90 Å². The molecule has 1 N–H and O–H groups in total. The van der Waals surface area contributed by atoms with E-state index in [9.17, 15) is 9.59 Å². The predicted octanol–water partition coefficient (Wildman–Crippen LogP) is 2.29. The molecular weight excluding hydrogens is 368 g/mol. The van der Waals surface area contributed by atoms with E-state index in [4.69, 9.17) is 9.52 Å². The number of hydrogen-bond acceptors (Lipinski definition) is 7. The van der Waals surface area contributed by atoms with E-state index in [1.54, 1.807) is 13.0 Å². The van der Waals surface area contributed by atoms with Crippen LogP contribution in [0.5, 0.6) is 0 Å². The third-order valence-corrected chi connectivity index (χ3v) is 5.24. The number of anilines is 1. The summed E-state index contributed by atoms with van der Waals surface area (Å²) >= 11 is 1.41. The summed E-state index contributed by atoms with van der Waals surface area (Å²) in [4.78, 5) is 35.6. The van der Waals surface area contributed by atoms with Crippen LogP contribution in [0.2, 0.25) is 0 Å². The molecule has 0 atom stereocenters. The second kappa shape index (κ2) is 8.43. The van der Waals surface area contributed by atoms with Gasteiger partial charge < -0.3 is 19.3 Å². The number of rotatable bonds is 6. The molecule has 2 aromatic rings. The first-order valence-electron chi connectivity index (χ1n) is 8.79. The lowest BCUT2D eigenvalue weighted by Crippen LogP contribution is -2.48. The lowest BCUT2D eigenvalue weighted by molar-refractivity contribution is -0.129. The van der Waals surface area contributed by atoms with Gasteiger partial charge >= 0.3 is 5.97 Å². The molecule has 1 aliphatic rings. The van der Waals surface area contributed by atoms with Crippen molar-refractivity contribution in [1.29, 1.82) is 0 Å². The van der Waals surface area contributed by atoms with Gasteiger partial charge in [-0.25, -0.2) is 14.8 Å². The summed E-state index contributed by atoms with van der Waals surface area (Å²) in [6.07, 6.45) is 0.792. The lowest BCUT2D eigenvalue weighted by Gasteiger charge is -2.35. The highest BCUT2D eigenvalue weighted by Gasteiger charge is 2.20. The maximum Gasteiger partial charge on any atom is 0.371 e. The van der Waals surface area contributed by atoms with Crippen LogP contribution in [-0.4, -0.2) is 58.0 Å². The zero-order valence-electron chi connectivity index (χ0n) is 15.3. The Morgan fingerprint density at radius 1 is 1.22 bits per heavy atom. The predicted molar refractivity (Wildman–Crippen MR) is 101 cm³/mol. The van der Waals surface area contributed by atoms with Gasteiger partial charge in [0.25, 0.3) is 0 Å². The van der Waals surface area contributed by atoms with Crippen molar-refractivity contribution in [3.05, 3.63) is 35.4 Å². The maximum atomic E-state index is 11.5. The summed E-state index contributed by atoms with van der Waals surface area (Å²) in [7, 11) is 0. The Kier molecular flexibility index (Phi) is 6.00. The largest absolute Gasteiger partial charge is 0.475 e. The molecule has 2 aromatic heterocycles. The first-order chi connectivity index (χ1) is 13.0. The minimum Gasteiger partial charge on any atom is -0.475 e. The summed E-state index contributed by atoms with van der Waals surface area (Å²) in [6, 6.07) is 5.09. The summed E-state index contributed by atoms with van der Waals surface area (Å²) in [6.45, 7) is 6.49. The van der Waals surface area contributed by atoms with E-state index in [1.807, 2.05) is 17.9 Å². The number of hydrogen-bond donors (Lipinski definition) is 1. The number of thioether (sulfide) groups is 1. The number of amides is 1. The monoisotopic (exact) mass is 390 g/mol. The smallest absolute Gasteiger partial charge is 0.371 e. The second-order valence-corrected chi connectivity index (χ2v) is 7.15. The Labute approximate surface area is 161 Å². The summed E-state index contributed by atoms with van der Waals surface area (Å²) in [5, 5.41) is 9.56. The molecule has 0 radical (unpaired) electrons. The van der Waals surface area contributed by atoms with E-state index in [-0.39, 0.29) is 11.7 Å². The quantitative estimate of drug-likeness (QED) is 0.592. The van der Waals surface area contributed by atoms with Crippen LogP contribution in [0.1, 0.15) is 35.9 Å². The maximum absolute atomic E-state index is 11.5. The van der Waals surface area contributed by atoms with Crippen LogP contribution in [0.3, 0.4) is 0 Å². The van der Waals surface area contributed by atoms with Gasteiger partial charge in [0, 0.05) is 44.9 Å². The fraction of sp³-hybridized carbons (Fsp3) is 0.444. The third kappa shape index (κ3) is 4.79. The van der Waals surface area contributed by atoms with Crippen molar-refractivity contribution in [2.75, 3.05) is 31.1 Å². The van der Waals surface area contributed by atoms with Crippen LogP contribution in [0.15, 0.2) is 27.8 Å². The number of nitrogens with zero attached hydrogens (tertiary/aromatic N) is 4. The fourth-order valence-electron chi connectivity index (χ4n) is 2.82. The Morgan fingerprint density at radius 2 is 1.96 bits per heavy atom. The molecule has 1 fully saturated rings. The molecular formula is C18H22N4O4S. The van der Waals surface area contributed by atoms with Crippen molar-refractivity contribution in [2.45, 2.75) is 31.2 Å². The number of carboxylic acids is 1. The van der Waals surface area contributed by atoms with Gasteiger partial charge in [0.1, 0.15) is 11.6 Å². The van der Waals surface area contributed by atoms with Crippen LogP contribution in [0.4, 0.5) is 5.82 Å². The second-order valence-electron chi connectivity index (χ2n) is 6.21. The van der Waals surface area contributed by atoms with Gasteiger partial charge in [-0.2, -0.15) is 0 Å². The van der Waals surface area contributed by atoms with E-state index in [0.29, 0.717) is 29.8 Å². The molecule has 0 aliphatic carbocycles. The van der Waals surface area contributed by atoms with Gasteiger partial charge in [0.2, 0.25) is 11.7 Å². The molecule has 0 spiro atoms. The van der Waals surface area contributed by atoms with Crippen molar-refractivity contribution < 1.29 is 19.1 Å². The van der Waals surface area contributed by atoms with Gasteiger partial charge in [-0.05, 0) is 18.6 Å². The standard InChI is InChI=1S/C18H22N4O4S/c1-3-13-10-16(22-8-6-21(7-9-22)12(2)23)20-18(19-13)27-11-14-4-5-15(26-14)17(24)25/h4-5,10H,3,6-9,11H2,1-2H3,(H,24,25). The van der Waals surface area contributed by atoms with Crippen molar-refractivity contribution >= 4 is 29.5 Å². The topological polar surface area (TPSA) is 99.8 Å². The minimum absolute atomic E-state index is 0.0714. The summed E-state index contributed by atoms with van der Waals surface area (Å²) in [5.41, 5.74) is 0.946. The number of carbonyl (C=O) groups is 2. The Balaban J connectivity index is 1.69. The fourth-order valence-corrected chi connectivity index (χ4v) is 3.59. The van der Waals surface area contributed by atoms with E-state index in [2.05, 4.69) is 14.9 Å². The van der Waals surface area contributed by atoms with Crippen LogP contribution in [0.25, 0.3) is 0 Å². The molecule has 3 rings (SSSR count). The molecule has 0 aromatic carbocycles. The minimum atomic E-state index is -1.08. The van der Waals surface area contributed by atoms with Gasteiger partial charge in [0.05, 0.1) is 5.75 Å². The van der Waals surface area contributed by atoms with E-state index in [0.717, 1.165) is 31.0 Å². The van der Waals surface area contributed by atoms with Gasteiger partial charge in [0.15, 0.2) is 5.16 Å². The first-order valence-corrected chi connectivity index (χ1v) is 9.78. The average molecular weight is 390 g/mol. The van der Waals surface area contributed by atoms with E-state index >= 15 is 0 Å². The number of aromatic carboxylic acids is 1. The van der Waals surface area contributed by atoms with Crippen LogP contribution >= 0.6 is 11.8 Å². The number of aromatic nitrogens is 2. The van der Waals surface area contributed by atoms with Crippen LogP contribution in [0, 0.1) is 0 Å². The molecule has 1 saturated heterocycles. The lowest BCUT2D eigenvalue weighted by atomic mass is 10.2. The molecule has 1 aliphatic heterocycles. The Hall–Kier alpha value is -2.55. The zero-order chi connectivity index (χ0) is 19.4. The number of piperazine rings is 1. The molecule has 144 valence electrons. The van der Waals surface area contributed by atoms with Crippen molar-refractivity contribution in [3.63, 3.8) is 0 Å². The highest BCUT2D eigenvalue weighted by Crippen LogP contribution is 2.24. The van der Waals surface area contributed by atoms with E-state index in [1.165, 1.54) is 17.8 Å². The zero-order valence-corrected chi connectivity index (χ0v) is 16.2. The molecule has 0 saturated carbocycles. The summed E-state index contributed by atoms with van der Waals surface area (Å²) < 4.78 is 5.28. The van der Waals surface area contributed by atoms with E-state index < -0.39 is 5.97 Å². The molecule has 9 heteroatoms. The van der Waals surface area contributed by atoms with Crippen molar-refractivity contribution in [1.82, 2.24) is 14.9 Å². The van der Waals surface area contributed by atoms with Crippen molar-refractivity contribution in [3.8, 4) is 0 Å². The SMILES string of the molecule is CCc1cc(N2CCN(C(C)=O)CC2)nc(SCc2ccc(C(=O)O)o2)n1. The van der Waals surface area contributed by atoms with Gasteiger partial charge in [-0.1, -0.05) is 18.7 Å².